The summed E-state index contributed by atoms with van der Waals surface area (Å²) in [6.07, 6.45) is 2.52. The van der Waals surface area contributed by atoms with Crippen LogP contribution >= 0.6 is 7.26 Å². The molecule has 0 bridgehead atoms. The van der Waals surface area contributed by atoms with Crippen LogP contribution in [0.1, 0.15) is 13.3 Å². The molecule has 9 heavy (non-hydrogen) atoms. The second-order valence-corrected chi connectivity index (χ2v) is 9.21. The van der Waals surface area contributed by atoms with Crippen LogP contribution in [0, 0.1) is 0 Å². The molecule has 1 nitrogen and oxygen atoms in total. The number of hydrogen-bond acceptors (Lipinski definition) is 1. The molecular formula is C7H20NP. The first-order valence-electron chi connectivity index (χ1n) is 3.77. The van der Waals surface area contributed by atoms with Crippen LogP contribution in [-0.4, -0.2) is 32.8 Å². The minimum absolute atomic E-state index is 0.806. The van der Waals surface area contributed by atoms with Crippen molar-refractivity contribution in [3.05, 3.63) is 0 Å². The molecular weight excluding hydrogens is 129 g/mol. The molecule has 0 fully saturated rings. The first-order valence-corrected chi connectivity index (χ1v) is 7.47. The maximum atomic E-state index is 3.44. The van der Waals surface area contributed by atoms with E-state index in [4.69, 9.17) is 0 Å². The van der Waals surface area contributed by atoms with E-state index in [2.05, 4.69) is 32.2 Å². The van der Waals surface area contributed by atoms with Gasteiger partial charge in [-0.05, 0) is 0 Å². The average molecular weight is 149 g/mol. The number of hydrogen-bond donors (Lipinski definition) is 1. The molecule has 0 aliphatic rings. The molecule has 58 valence electrons. The van der Waals surface area contributed by atoms with Gasteiger partial charge in [0, 0.05) is 0 Å². The van der Waals surface area contributed by atoms with Gasteiger partial charge in [-0.1, -0.05) is 0 Å². The molecule has 0 aliphatic heterocycles. The maximum absolute atomic E-state index is 3.44. The first-order chi connectivity index (χ1) is 4.06. The molecule has 0 aliphatic carbocycles. The molecule has 0 unspecified atom stereocenters. The summed E-state index contributed by atoms with van der Waals surface area (Å²) in [4.78, 5) is 0. The third-order valence-electron chi connectivity index (χ3n) is 1.08. The summed E-state index contributed by atoms with van der Waals surface area (Å²) >= 11 is 0. The monoisotopic (exact) mass is 149 g/mol. The fourth-order valence-electron chi connectivity index (χ4n) is 0.640. The number of rotatable bonds is 4. The van der Waals surface area contributed by atoms with Crippen LogP contribution < -0.4 is 5.32 Å². The van der Waals surface area contributed by atoms with Crippen LogP contribution in [0.2, 0.25) is 0 Å². The Hall–Kier alpha value is 0.390. The van der Waals surface area contributed by atoms with E-state index in [1.165, 1.54) is 19.3 Å². The van der Waals surface area contributed by atoms with Crippen molar-refractivity contribution in [1.29, 1.82) is 0 Å². The Morgan fingerprint density at radius 3 is 2.11 bits per heavy atom. The summed E-state index contributed by atoms with van der Waals surface area (Å²) in [5.74, 6) is 0. The van der Waals surface area contributed by atoms with E-state index in [1.54, 1.807) is 0 Å². The molecule has 0 radical (unpaired) electrons. The van der Waals surface area contributed by atoms with E-state index in [9.17, 15) is 0 Å². The molecule has 0 amide bonds. The van der Waals surface area contributed by atoms with Crippen molar-refractivity contribution in [2.45, 2.75) is 13.3 Å². The van der Waals surface area contributed by atoms with Crippen LogP contribution in [-0.2, 0) is 0 Å². The molecule has 0 aromatic carbocycles. The average Bonchev–Trinajstić information content (AvgIpc) is 1.63. The van der Waals surface area contributed by atoms with E-state index in [-0.39, 0.29) is 0 Å². The molecule has 0 saturated heterocycles. The van der Waals surface area contributed by atoms with Gasteiger partial charge in [0.15, 0.2) is 0 Å². The van der Waals surface area contributed by atoms with Gasteiger partial charge in [0.1, 0.15) is 0 Å². The Morgan fingerprint density at radius 2 is 1.78 bits per heavy atom. The summed E-state index contributed by atoms with van der Waals surface area (Å²) in [6.45, 7) is 10.5. The predicted octanol–water partition coefficient (Wildman–Crippen LogP) is 1.58. The SMILES string of the molecule is CCCNC[PH](C)(C)C. The molecule has 0 aromatic heterocycles. The molecule has 0 heterocycles. The van der Waals surface area contributed by atoms with Gasteiger partial charge in [-0.3, -0.25) is 0 Å². The van der Waals surface area contributed by atoms with E-state index >= 15 is 0 Å². The van der Waals surface area contributed by atoms with Gasteiger partial charge in [0.25, 0.3) is 0 Å². The van der Waals surface area contributed by atoms with Crippen molar-refractivity contribution in [3.63, 3.8) is 0 Å². The van der Waals surface area contributed by atoms with Gasteiger partial charge in [-0.2, -0.15) is 0 Å². The van der Waals surface area contributed by atoms with Crippen LogP contribution in [0.3, 0.4) is 0 Å². The van der Waals surface area contributed by atoms with Crippen molar-refractivity contribution in [2.24, 2.45) is 0 Å². The summed E-state index contributed by atoms with van der Waals surface area (Å²) in [5.41, 5.74) is 0. The minimum atomic E-state index is -0.806. The van der Waals surface area contributed by atoms with E-state index in [0.717, 1.165) is 0 Å². The van der Waals surface area contributed by atoms with Crippen LogP contribution in [0.4, 0.5) is 0 Å². The molecule has 2 heteroatoms. The van der Waals surface area contributed by atoms with Crippen LogP contribution in [0.25, 0.3) is 0 Å². The first kappa shape index (κ1) is 9.39. The Labute approximate surface area is 59.6 Å². The van der Waals surface area contributed by atoms with Gasteiger partial charge in [0.05, 0.1) is 0 Å². The van der Waals surface area contributed by atoms with Crippen molar-refractivity contribution in [1.82, 2.24) is 5.32 Å². The Balaban J connectivity index is 3.07. The second kappa shape index (κ2) is 4.24. The topological polar surface area (TPSA) is 12.0 Å². The summed E-state index contributed by atoms with van der Waals surface area (Å²) in [6, 6.07) is 0. The zero-order chi connectivity index (χ0) is 7.33. The molecule has 0 aromatic rings. The predicted molar refractivity (Wildman–Crippen MR) is 49.2 cm³/mol. The Bertz CT molecular complexity index is 65.8. The Morgan fingerprint density at radius 1 is 1.22 bits per heavy atom. The normalized spacial score (nSPS) is 13.8. The third-order valence-corrected chi connectivity index (χ3v) is 2.39. The van der Waals surface area contributed by atoms with Crippen LogP contribution in [0.5, 0.6) is 0 Å². The van der Waals surface area contributed by atoms with E-state index in [0.29, 0.717) is 0 Å². The van der Waals surface area contributed by atoms with Crippen molar-refractivity contribution < 1.29 is 0 Å². The van der Waals surface area contributed by atoms with E-state index < -0.39 is 7.26 Å². The Kier molecular flexibility index (Phi) is 4.43. The van der Waals surface area contributed by atoms with Gasteiger partial charge >= 0.3 is 58.7 Å². The van der Waals surface area contributed by atoms with Gasteiger partial charge in [0.2, 0.25) is 0 Å². The fraction of sp³-hybridized carbons (Fsp3) is 1.00. The standard InChI is InChI=1S/C7H20NP/c1-5-6-8-7-9(2,3)4/h8-9H,5-7H2,1-4H3. The zero-order valence-electron chi connectivity index (χ0n) is 7.12. The van der Waals surface area contributed by atoms with Gasteiger partial charge in [-0.15, -0.1) is 0 Å². The van der Waals surface area contributed by atoms with Crippen molar-refractivity contribution in [2.75, 3.05) is 32.8 Å². The summed E-state index contributed by atoms with van der Waals surface area (Å²) < 4.78 is 0. The van der Waals surface area contributed by atoms with Gasteiger partial charge in [-0.25, -0.2) is 0 Å². The number of nitrogens with one attached hydrogen (secondary N) is 1. The third kappa shape index (κ3) is 8.39. The fourth-order valence-corrected chi connectivity index (χ4v) is 1.57. The molecule has 0 atom stereocenters. The summed E-state index contributed by atoms with van der Waals surface area (Å²) in [7, 11) is -0.806. The second-order valence-electron chi connectivity index (χ2n) is 3.74. The quantitative estimate of drug-likeness (QED) is 0.472. The molecule has 0 spiro atoms. The van der Waals surface area contributed by atoms with E-state index in [1.807, 2.05) is 0 Å². The van der Waals surface area contributed by atoms with Crippen molar-refractivity contribution in [3.8, 4) is 0 Å². The molecule has 0 rings (SSSR count). The van der Waals surface area contributed by atoms with Crippen molar-refractivity contribution >= 4 is 7.26 Å². The summed E-state index contributed by atoms with van der Waals surface area (Å²) in [5, 5.41) is 3.44. The van der Waals surface area contributed by atoms with Gasteiger partial charge < -0.3 is 0 Å². The molecule has 1 N–H and O–H groups in total. The zero-order valence-corrected chi connectivity index (χ0v) is 8.12. The molecule has 0 saturated carbocycles. The van der Waals surface area contributed by atoms with Crippen LogP contribution in [0.15, 0.2) is 0 Å².